The standard InChI is InChI=1S/C21H44/c1-15(2)19(16(3)4)17(5)13-12-14-18(6)21(10,11)20(7,8)9/h15-19H,12-14H2,1-11H3. The quantitative estimate of drug-likeness (QED) is 0.437. The van der Waals surface area contributed by atoms with Crippen LogP contribution in [0.3, 0.4) is 0 Å². The highest BCUT2D eigenvalue weighted by Gasteiger charge is 2.37. The normalized spacial score (nSPS) is 16.9. The first-order valence-corrected chi connectivity index (χ1v) is 9.32. The zero-order chi connectivity index (χ0) is 17.0. The second kappa shape index (κ2) is 8.02. The molecule has 2 unspecified atom stereocenters. The number of rotatable bonds is 8. The van der Waals surface area contributed by atoms with E-state index in [4.69, 9.17) is 0 Å². The van der Waals surface area contributed by atoms with Gasteiger partial charge in [-0.3, -0.25) is 0 Å². The van der Waals surface area contributed by atoms with Crippen LogP contribution in [0.5, 0.6) is 0 Å². The molecule has 0 saturated carbocycles. The van der Waals surface area contributed by atoms with Gasteiger partial charge in [-0.25, -0.2) is 0 Å². The van der Waals surface area contributed by atoms with E-state index in [1.807, 2.05) is 0 Å². The summed E-state index contributed by atoms with van der Waals surface area (Å²) in [5.74, 6) is 4.14. The number of hydrogen-bond acceptors (Lipinski definition) is 0. The SMILES string of the molecule is CC(C)C(C(C)C)C(C)CCCC(C)C(C)(C)C(C)(C)C. The van der Waals surface area contributed by atoms with Gasteiger partial charge in [-0.05, 0) is 40.4 Å². The van der Waals surface area contributed by atoms with Gasteiger partial charge in [-0.15, -0.1) is 0 Å². The highest BCUT2D eigenvalue weighted by atomic mass is 14.4. The van der Waals surface area contributed by atoms with Crippen LogP contribution in [0, 0.1) is 40.4 Å². The first-order valence-electron chi connectivity index (χ1n) is 9.32. The lowest BCUT2D eigenvalue weighted by molar-refractivity contribution is 0.0560. The summed E-state index contributed by atoms with van der Waals surface area (Å²) in [6.07, 6.45) is 4.15. The molecule has 0 aromatic carbocycles. The molecular formula is C21H44. The lowest BCUT2D eigenvalue weighted by atomic mass is 9.61. The van der Waals surface area contributed by atoms with Crippen LogP contribution in [0.15, 0.2) is 0 Å². The third kappa shape index (κ3) is 5.95. The molecular weight excluding hydrogens is 252 g/mol. The molecule has 0 N–H and O–H groups in total. The van der Waals surface area contributed by atoms with Crippen LogP contribution >= 0.6 is 0 Å². The van der Waals surface area contributed by atoms with E-state index < -0.39 is 0 Å². The van der Waals surface area contributed by atoms with E-state index in [9.17, 15) is 0 Å². The van der Waals surface area contributed by atoms with Gasteiger partial charge in [-0.1, -0.05) is 95.4 Å². The Morgan fingerprint density at radius 1 is 0.667 bits per heavy atom. The predicted octanol–water partition coefficient (Wildman–Crippen LogP) is 7.43. The largest absolute Gasteiger partial charge is 0.0625 e. The maximum absolute atomic E-state index is 2.48. The van der Waals surface area contributed by atoms with E-state index in [2.05, 4.69) is 76.2 Å². The minimum atomic E-state index is 0.385. The lowest BCUT2D eigenvalue weighted by Crippen LogP contribution is -2.35. The Morgan fingerprint density at radius 2 is 1.10 bits per heavy atom. The summed E-state index contributed by atoms with van der Waals surface area (Å²) < 4.78 is 0. The van der Waals surface area contributed by atoms with Crippen molar-refractivity contribution >= 4 is 0 Å². The molecule has 0 aromatic rings. The molecule has 0 fully saturated rings. The Morgan fingerprint density at radius 3 is 1.43 bits per heavy atom. The van der Waals surface area contributed by atoms with E-state index in [1.54, 1.807) is 0 Å². The average molecular weight is 297 g/mol. The van der Waals surface area contributed by atoms with Crippen LogP contribution in [0.25, 0.3) is 0 Å². The van der Waals surface area contributed by atoms with Crippen molar-refractivity contribution in [1.29, 1.82) is 0 Å². The third-order valence-electron chi connectivity index (χ3n) is 6.66. The topological polar surface area (TPSA) is 0 Å². The Labute approximate surface area is 136 Å². The summed E-state index contributed by atoms with van der Waals surface area (Å²) in [4.78, 5) is 0. The fraction of sp³-hybridized carbons (Fsp3) is 1.00. The molecule has 0 heteroatoms. The molecule has 0 spiro atoms. The van der Waals surface area contributed by atoms with Gasteiger partial charge in [0.25, 0.3) is 0 Å². The molecule has 0 rings (SSSR count). The monoisotopic (exact) mass is 296 g/mol. The molecule has 0 aliphatic carbocycles. The van der Waals surface area contributed by atoms with Crippen molar-refractivity contribution in [3.8, 4) is 0 Å². The highest BCUT2D eigenvalue weighted by Crippen LogP contribution is 2.46. The lowest BCUT2D eigenvalue weighted by Gasteiger charge is -2.44. The Kier molecular flexibility index (Phi) is 8.02. The highest BCUT2D eigenvalue weighted by molar-refractivity contribution is 4.86. The van der Waals surface area contributed by atoms with Crippen LogP contribution in [0.1, 0.15) is 95.4 Å². The van der Waals surface area contributed by atoms with Crippen molar-refractivity contribution in [1.82, 2.24) is 0 Å². The van der Waals surface area contributed by atoms with E-state index in [-0.39, 0.29) is 0 Å². The zero-order valence-electron chi connectivity index (χ0n) is 17.0. The zero-order valence-corrected chi connectivity index (χ0v) is 17.0. The van der Waals surface area contributed by atoms with Crippen LogP contribution in [0.2, 0.25) is 0 Å². The van der Waals surface area contributed by atoms with Gasteiger partial charge < -0.3 is 0 Å². The van der Waals surface area contributed by atoms with Gasteiger partial charge >= 0.3 is 0 Å². The molecule has 0 heterocycles. The summed E-state index contributed by atoms with van der Waals surface area (Å²) in [5, 5.41) is 0. The molecule has 2 atom stereocenters. The summed E-state index contributed by atoms with van der Waals surface area (Å²) in [7, 11) is 0. The van der Waals surface area contributed by atoms with Crippen LogP contribution < -0.4 is 0 Å². The molecule has 0 saturated heterocycles. The van der Waals surface area contributed by atoms with Crippen molar-refractivity contribution in [2.75, 3.05) is 0 Å². The molecule has 0 aliphatic rings. The van der Waals surface area contributed by atoms with Crippen molar-refractivity contribution < 1.29 is 0 Å². The maximum Gasteiger partial charge on any atom is -0.0280 e. The molecule has 0 amide bonds. The fourth-order valence-corrected chi connectivity index (χ4v) is 4.12. The fourth-order valence-electron chi connectivity index (χ4n) is 4.12. The molecule has 0 radical (unpaired) electrons. The van der Waals surface area contributed by atoms with Gasteiger partial charge in [0.15, 0.2) is 0 Å². The summed E-state index contributed by atoms with van der Waals surface area (Å²) in [6.45, 7) is 26.6. The van der Waals surface area contributed by atoms with Gasteiger partial charge in [0.2, 0.25) is 0 Å². The van der Waals surface area contributed by atoms with Gasteiger partial charge in [0.1, 0.15) is 0 Å². The van der Waals surface area contributed by atoms with Gasteiger partial charge in [-0.2, -0.15) is 0 Å². The van der Waals surface area contributed by atoms with Crippen LogP contribution in [-0.4, -0.2) is 0 Å². The second-order valence-corrected chi connectivity index (χ2v) is 9.85. The van der Waals surface area contributed by atoms with E-state index in [1.165, 1.54) is 19.3 Å². The molecule has 128 valence electrons. The van der Waals surface area contributed by atoms with Gasteiger partial charge in [0, 0.05) is 0 Å². The van der Waals surface area contributed by atoms with Crippen molar-refractivity contribution in [2.45, 2.75) is 95.4 Å². The second-order valence-electron chi connectivity index (χ2n) is 9.85. The summed E-state index contributed by atoms with van der Waals surface area (Å²) in [5.41, 5.74) is 0.794. The molecule has 0 nitrogen and oxygen atoms in total. The average Bonchev–Trinajstić information content (AvgIpc) is 2.25. The summed E-state index contributed by atoms with van der Waals surface area (Å²) in [6, 6.07) is 0. The van der Waals surface area contributed by atoms with Crippen molar-refractivity contribution in [3.05, 3.63) is 0 Å². The third-order valence-corrected chi connectivity index (χ3v) is 6.66. The van der Waals surface area contributed by atoms with Crippen molar-refractivity contribution in [2.24, 2.45) is 40.4 Å². The first kappa shape index (κ1) is 21.0. The van der Waals surface area contributed by atoms with Crippen LogP contribution in [0.4, 0.5) is 0 Å². The number of hydrogen-bond donors (Lipinski definition) is 0. The molecule has 0 aromatic heterocycles. The molecule has 0 aliphatic heterocycles. The minimum Gasteiger partial charge on any atom is -0.0625 e. The molecule has 0 bridgehead atoms. The van der Waals surface area contributed by atoms with E-state index >= 15 is 0 Å². The van der Waals surface area contributed by atoms with Crippen molar-refractivity contribution in [3.63, 3.8) is 0 Å². The Hall–Kier alpha value is 0. The Bertz CT molecular complexity index is 269. The Balaban J connectivity index is 4.43. The van der Waals surface area contributed by atoms with E-state index in [0.29, 0.717) is 10.8 Å². The van der Waals surface area contributed by atoms with E-state index in [0.717, 1.165) is 29.6 Å². The smallest absolute Gasteiger partial charge is 0.0280 e. The summed E-state index contributed by atoms with van der Waals surface area (Å²) >= 11 is 0. The molecule has 21 heavy (non-hydrogen) atoms. The first-order chi connectivity index (χ1) is 9.32. The predicted molar refractivity (Wildman–Crippen MR) is 98.6 cm³/mol. The minimum absolute atomic E-state index is 0.385. The maximum atomic E-state index is 2.48. The van der Waals surface area contributed by atoms with Crippen LogP contribution in [-0.2, 0) is 0 Å². The van der Waals surface area contributed by atoms with Gasteiger partial charge in [0.05, 0.1) is 0 Å².